The molecule has 2 aliphatic carbocycles. The van der Waals surface area contributed by atoms with E-state index in [1.165, 1.54) is 36.0 Å². The largest absolute Gasteiger partial charge is 0.327 e. The van der Waals surface area contributed by atoms with Gasteiger partial charge in [-0.15, -0.1) is 0 Å². The summed E-state index contributed by atoms with van der Waals surface area (Å²) in [5.41, 5.74) is 9.95. The first-order valence-corrected chi connectivity index (χ1v) is 5.36. The summed E-state index contributed by atoms with van der Waals surface area (Å²) in [7, 11) is 0. The first kappa shape index (κ1) is 9.47. The van der Waals surface area contributed by atoms with Crippen molar-refractivity contribution >= 4 is 0 Å². The van der Waals surface area contributed by atoms with Gasteiger partial charge >= 0.3 is 0 Å². The van der Waals surface area contributed by atoms with Crippen LogP contribution in [0.15, 0.2) is 47.1 Å². The van der Waals surface area contributed by atoms with E-state index in [4.69, 9.17) is 5.73 Å². The fraction of sp³-hybridized carbons (Fsp3) is 0.385. The van der Waals surface area contributed by atoms with Crippen molar-refractivity contribution in [3.63, 3.8) is 0 Å². The number of allylic oxidation sites excluding steroid dienone is 6. The molecule has 0 spiro atoms. The van der Waals surface area contributed by atoms with Crippen LogP contribution in [0.2, 0.25) is 0 Å². The third kappa shape index (κ3) is 2.05. The van der Waals surface area contributed by atoms with Crippen molar-refractivity contribution in [2.75, 3.05) is 6.54 Å². The van der Waals surface area contributed by atoms with Gasteiger partial charge in [-0.05, 0) is 42.4 Å². The van der Waals surface area contributed by atoms with Crippen LogP contribution in [0, 0.1) is 0 Å². The molecule has 1 heteroatoms. The third-order valence-electron chi connectivity index (χ3n) is 2.84. The molecule has 0 heterocycles. The van der Waals surface area contributed by atoms with E-state index >= 15 is 0 Å². The van der Waals surface area contributed by atoms with E-state index in [1.54, 1.807) is 0 Å². The minimum Gasteiger partial charge on any atom is -0.327 e. The quantitative estimate of drug-likeness (QED) is 0.706. The third-order valence-corrected chi connectivity index (χ3v) is 2.84. The zero-order valence-corrected chi connectivity index (χ0v) is 8.50. The number of nitrogens with two attached hydrogens (primary N) is 1. The Hall–Kier alpha value is -1.08. The van der Waals surface area contributed by atoms with Crippen molar-refractivity contribution < 1.29 is 0 Å². The summed E-state index contributed by atoms with van der Waals surface area (Å²) < 4.78 is 0. The smallest absolute Gasteiger partial charge is 0.0175 e. The lowest BCUT2D eigenvalue weighted by molar-refractivity contribution is 0.884. The second-order valence-electron chi connectivity index (χ2n) is 3.85. The van der Waals surface area contributed by atoms with Crippen LogP contribution in [-0.4, -0.2) is 6.54 Å². The summed E-state index contributed by atoms with van der Waals surface area (Å²) in [4.78, 5) is 0. The molecule has 0 aromatic heterocycles. The zero-order valence-electron chi connectivity index (χ0n) is 8.50. The summed E-state index contributed by atoms with van der Waals surface area (Å²) in [6, 6.07) is 0. The highest BCUT2D eigenvalue weighted by Crippen LogP contribution is 2.28. The maximum absolute atomic E-state index is 5.65. The highest BCUT2D eigenvalue weighted by Gasteiger charge is 2.09. The van der Waals surface area contributed by atoms with Crippen LogP contribution in [0.5, 0.6) is 0 Å². The number of hydrogen-bond acceptors (Lipinski definition) is 1. The molecule has 0 aromatic carbocycles. The molecule has 0 saturated heterocycles. The van der Waals surface area contributed by atoms with E-state index < -0.39 is 0 Å². The van der Waals surface area contributed by atoms with Crippen LogP contribution in [-0.2, 0) is 0 Å². The van der Waals surface area contributed by atoms with Crippen molar-refractivity contribution in [3.8, 4) is 0 Å². The molecule has 0 aromatic rings. The van der Waals surface area contributed by atoms with E-state index in [9.17, 15) is 0 Å². The lowest BCUT2D eigenvalue weighted by atomic mass is 9.89. The maximum Gasteiger partial charge on any atom is 0.0175 e. The minimum atomic E-state index is 0.673. The van der Waals surface area contributed by atoms with Gasteiger partial charge in [-0.2, -0.15) is 0 Å². The molecule has 0 amide bonds. The van der Waals surface area contributed by atoms with Crippen LogP contribution >= 0.6 is 0 Å². The first-order valence-electron chi connectivity index (χ1n) is 5.36. The Balaban J connectivity index is 2.18. The van der Waals surface area contributed by atoms with Gasteiger partial charge in [-0.25, -0.2) is 0 Å². The Morgan fingerprint density at radius 2 is 2.00 bits per heavy atom. The van der Waals surface area contributed by atoms with Gasteiger partial charge in [0.2, 0.25) is 0 Å². The molecule has 0 aliphatic heterocycles. The maximum atomic E-state index is 5.65. The summed E-state index contributed by atoms with van der Waals surface area (Å²) in [5.74, 6) is 0. The fourth-order valence-corrected chi connectivity index (χ4v) is 2.03. The normalized spacial score (nSPS) is 21.4. The van der Waals surface area contributed by atoms with Gasteiger partial charge in [0, 0.05) is 6.54 Å². The average molecular weight is 187 g/mol. The van der Waals surface area contributed by atoms with Gasteiger partial charge < -0.3 is 5.73 Å². The van der Waals surface area contributed by atoms with Gasteiger partial charge in [0.05, 0.1) is 0 Å². The highest BCUT2D eigenvalue weighted by molar-refractivity contribution is 5.43. The second kappa shape index (κ2) is 4.43. The molecular formula is C13H17N. The summed E-state index contributed by atoms with van der Waals surface area (Å²) in [5, 5.41) is 0. The topological polar surface area (TPSA) is 26.0 Å². The van der Waals surface area contributed by atoms with Crippen LogP contribution in [0.4, 0.5) is 0 Å². The Kier molecular flexibility index (Phi) is 3.00. The molecule has 0 unspecified atom stereocenters. The predicted molar refractivity (Wildman–Crippen MR) is 60.9 cm³/mol. The molecule has 1 nitrogen and oxygen atoms in total. The van der Waals surface area contributed by atoms with Crippen molar-refractivity contribution in [2.45, 2.75) is 25.7 Å². The summed E-state index contributed by atoms with van der Waals surface area (Å²) >= 11 is 0. The molecule has 2 rings (SSSR count). The van der Waals surface area contributed by atoms with Gasteiger partial charge in [0.1, 0.15) is 0 Å². The first-order chi connectivity index (χ1) is 6.90. The average Bonchev–Trinajstić information content (AvgIpc) is 2.30. The molecule has 0 fully saturated rings. The van der Waals surface area contributed by atoms with E-state index in [-0.39, 0.29) is 0 Å². The van der Waals surface area contributed by atoms with E-state index in [0.717, 1.165) is 6.42 Å². The Morgan fingerprint density at radius 3 is 2.71 bits per heavy atom. The Labute approximate surface area is 85.7 Å². The van der Waals surface area contributed by atoms with Crippen molar-refractivity contribution in [1.82, 2.24) is 0 Å². The standard InChI is InChI=1S/C13H17N/c14-10-11-5-4-8-13(9-11)12-6-2-1-3-7-12/h1-2,5-6,9H,3-4,7-8,10,14H2. The van der Waals surface area contributed by atoms with E-state index in [0.29, 0.717) is 6.54 Å². The highest BCUT2D eigenvalue weighted by atomic mass is 14.5. The van der Waals surface area contributed by atoms with Gasteiger partial charge in [-0.1, -0.05) is 30.4 Å². The monoisotopic (exact) mass is 187 g/mol. The molecule has 74 valence electrons. The Morgan fingerprint density at radius 1 is 1.14 bits per heavy atom. The van der Waals surface area contributed by atoms with Gasteiger partial charge in [0.15, 0.2) is 0 Å². The summed E-state index contributed by atoms with van der Waals surface area (Å²) in [6.45, 7) is 0.673. The molecule has 0 saturated carbocycles. The Bertz CT molecular complexity index is 329. The molecular weight excluding hydrogens is 170 g/mol. The minimum absolute atomic E-state index is 0.673. The SMILES string of the molecule is NCC1=CCCC(C2=CC=CCC2)=C1. The number of hydrogen-bond donors (Lipinski definition) is 1. The van der Waals surface area contributed by atoms with Crippen LogP contribution in [0.1, 0.15) is 25.7 Å². The molecule has 2 N–H and O–H groups in total. The van der Waals surface area contributed by atoms with Crippen LogP contribution < -0.4 is 5.73 Å². The molecule has 2 aliphatic rings. The number of rotatable bonds is 2. The van der Waals surface area contributed by atoms with E-state index in [2.05, 4.69) is 30.4 Å². The molecule has 14 heavy (non-hydrogen) atoms. The van der Waals surface area contributed by atoms with E-state index in [1.807, 2.05) is 0 Å². The molecule has 0 radical (unpaired) electrons. The zero-order chi connectivity index (χ0) is 9.80. The van der Waals surface area contributed by atoms with Crippen molar-refractivity contribution in [3.05, 3.63) is 47.1 Å². The lowest BCUT2D eigenvalue weighted by Gasteiger charge is -2.17. The fourth-order valence-electron chi connectivity index (χ4n) is 2.03. The molecule has 0 bridgehead atoms. The van der Waals surface area contributed by atoms with Crippen molar-refractivity contribution in [1.29, 1.82) is 0 Å². The predicted octanol–water partition coefficient (Wildman–Crippen LogP) is 2.87. The lowest BCUT2D eigenvalue weighted by Crippen LogP contribution is -2.06. The van der Waals surface area contributed by atoms with Crippen molar-refractivity contribution in [2.24, 2.45) is 5.73 Å². The van der Waals surface area contributed by atoms with Crippen LogP contribution in [0.3, 0.4) is 0 Å². The second-order valence-corrected chi connectivity index (χ2v) is 3.85. The van der Waals surface area contributed by atoms with Gasteiger partial charge in [0.25, 0.3) is 0 Å². The van der Waals surface area contributed by atoms with Gasteiger partial charge in [-0.3, -0.25) is 0 Å². The molecule has 0 atom stereocenters. The summed E-state index contributed by atoms with van der Waals surface area (Å²) in [6.07, 6.45) is 15.9. The van der Waals surface area contributed by atoms with Crippen LogP contribution in [0.25, 0.3) is 0 Å².